The highest BCUT2D eigenvalue weighted by atomic mass is 16.5. The molecule has 0 unspecified atom stereocenters. The molecule has 1 spiro atoms. The molecule has 0 saturated heterocycles. The lowest BCUT2D eigenvalue weighted by Crippen LogP contribution is -2.36. The molecule has 118 valence electrons. The molecule has 1 saturated carbocycles. The smallest absolute Gasteiger partial charge is 0.200 e. The average Bonchev–Trinajstić information content (AvgIpc) is 3.08. The second kappa shape index (κ2) is 5.17. The number of hydrogen-bond acceptors (Lipinski definition) is 3. The summed E-state index contributed by atoms with van der Waals surface area (Å²) in [7, 11) is 0. The molecule has 1 aliphatic carbocycles. The van der Waals surface area contributed by atoms with E-state index in [0.29, 0.717) is 0 Å². The van der Waals surface area contributed by atoms with Crippen LogP contribution in [0.5, 0.6) is 5.75 Å². The molecule has 3 heteroatoms. The van der Waals surface area contributed by atoms with E-state index in [1.54, 1.807) is 0 Å². The third-order valence-electron chi connectivity index (χ3n) is 5.01. The molecule has 3 aromatic rings. The van der Waals surface area contributed by atoms with Crippen LogP contribution in [0.3, 0.4) is 0 Å². The monoisotopic (exact) mass is 314 g/mol. The minimum Gasteiger partial charge on any atom is -0.465 e. The predicted molar refractivity (Wildman–Crippen MR) is 95.7 cm³/mol. The summed E-state index contributed by atoms with van der Waals surface area (Å²) in [5.74, 6) is 0.942. The van der Waals surface area contributed by atoms with Gasteiger partial charge in [-0.2, -0.15) is 0 Å². The molecule has 1 fully saturated rings. The SMILES string of the molecule is c1ccc2c(c1)OC1(CCCC1)N=C2c1cnc2ccccc2c1. The van der Waals surface area contributed by atoms with E-state index in [9.17, 15) is 0 Å². The normalized spacial score (nSPS) is 18.2. The van der Waals surface area contributed by atoms with Crippen molar-refractivity contribution in [3.05, 3.63) is 71.9 Å². The maximum atomic E-state index is 6.31. The highest BCUT2D eigenvalue weighted by Crippen LogP contribution is 2.41. The Morgan fingerprint density at radius 2 is 1.71 bits per heavy atom. The van der Waals surface area contributed by atoms with E-state index < -0.39 is 0 Å². The zero-order chi connectivity index (χ0) is 16.0. The number of fused-ring (bicyclic) bond motifs is 2. The number of aromatic nitrogens is 1. The van der Waals surface area contributed by atoms with Crippen molar-refractivity contribution >= 4 is 16.6 Å². The predicted octanol–water partition coefficient (Wildman–Crippen LogP) is 4.73. The standard InChI is InChI=1S/C21H18N2O/c1-3-9-18-15(7-1)13-16(14-22-18)20-17-8-2-4-10-19(17)24-21(23-20)11-5-6-12-21/h1-4,7-10,13-14H,5-6,11-12H2. The number of ether oxygens (including phenoxy) is 1. The Hall–Kier alpha value is -2.68. The molecule has 0 radical (unpaired) electrons. The highest BCUT2D eigenvalue weighted by Gasteiger charge is 2.40. The minimum absolute atomic E-state index is 0.380. The fourth-order valence-electron chi connectivity index (χ4n) is 3.80. The van der Waals surface area contributed by atoms with Crippen molar-refractivity contribution in [2.45, 2.75) is 31.4 Å². The number of nitrogens with zero attached hydrogens (tertiary/aromatic N) is 2. The van der Waals surface area contributed by atoms with Crippen molar-refractivity contribution in [2.24, 2.45) is 4.99 Å². The number of benzene rings is 2. The molecule has 24 heavy (non-hydrogen) atoms. The van der Waals surface area contributed by atoms with Gasteiger partial charge in [0, 0.05) is 35.6 Å². The van der Waals surface area contributed by atoms with Gasteiger partial charge in [-0.05, 0) is 37.1 Å². The van der Waals surface area contributed by atoms with E-state index in [1.807, 2.05) is 36.5 Å². The quantitative estimate of drug-likeness (QED) is 0.650. The first-order valence-corrected chi connectivity index (χ1v) is 8.57. The van der Waals surface area contributed by atoms with Crippen LogP contribution in [-0.4, -0.2) is 16.4 Å². The van der Waals surface area contributed by atoms with Crippen LogP contribution in [-0.2, 0) is 0 Å². The van der Waals surface area contributed by atoms with E-state index in [-0.39, 0.29) is 5.72 Å². The molecule has 0 N–H and O–H groups in total. The molecule has 1 aromatic heterocycles. The summed E-state index contributed by atoms with van der Waals surface area (Å²) >= 11 is 0. The van der Waals surface area contributed by atoms with Gasteiger partial charge in [-0.15, -0.1) is 0 Å². The first-order chi connectivity index (χ1) is 11.8. The van der Waals surface area contributed by atoms with E-state index in [0.717, 1.165) is 46.3 Å². The fraction of sp³-hybridized carbons (Fsp3) is 0.238. The topological polar surface area (TPSA) is 34.5 Å². The van der Waals surface area contributed by atoms with Crippen LogP contribution in [0.25, 0.3) is 10.9 Å². The van der Waals surface area contributed by atoms with Gasteiger partial charge in [-0.3, -0.25) is 4.98 Å². The molecule has 0 atom stereocenters. The largest absolute Gasteiger partial charge is 0.465 e. The number of aliphatic imine (C=N–C) groups is 1. The van der Waals surface area contributed by atoms with Gasteiger partial charge in [0.2, 0.25) is 5.72 Å². The summed E-state index contributed by atoms with van der Waals surface area (Å²) in [6, 6.07) is 18.6. The van der Waals surface area contributed by atoms with E-state index in [1.165, 1.54) is 12.8 Å². The van der Waals surface area contributed by atoms with E-state index >= 15 is 0 Å². The molecule has 0 bridgehead atoms. The van der Waals surface area contributed by atoms with Gasteiger partial charge in [0.1, 0.15) is 5.75 Å². The lowest BCUT2D eigenvalue weighted by Gasteiger charge is -2.33. The van der Waals surface area contributed by atoms with Crippen LogP contribution in [0, 0.1) is 0 Å². The molecule has 2 heterocycles. The van der Waals surface area contributed by atoms with Crippen LogP contribution < -0.4 is 4.74 Å². The average molecular weight is 314 g/mol. The number of para-hydroxylation sites is 2. The van der Waals surface area contributed by atoms with Crippen LogP contribution in [0.15, 0.2) is 65.8 Å². The van der Waals surface area contributed by atoms with Crippen molar-refractivity contribution in [1.29, 1.82) is 0 Å². The Balaban J connectivity index is 1.71. The van der Waals surface area contributed by atoms with Crippen molar-refractivity contribution < 1.29 is 4.74 Å². The Kier molecular flexibility index (Phi) is 2.96. The Morgan fingerprint density at radius 1 is 0.917 bits per heavy atom. The minimum atomic E-state index is -0.380. The highest BCUT2D eigenvalue weighted by molar-refractivity contribution is 6.16. The lowest BCUT2D eigenvalue weighted by molar-refractivity contribution is 0.0820. The Labute approximate surface area is 141 Å². The summed E-state index contributed by atoms with van der Waals surface area (Å²) in [6.45, 7) is 0. The number of hydrogen-bond donors (Lipinski definition) is 0. The first kappa shape index (κ1) is 13.7. The second-order valence-corrected chi connectivity index (χ2v) is 6.63. The van der Waals surface area contributed by atoms with Gasteiger partial charge < -0.3 is 4.74 Å². The maximum Gasteiger partial charge on any atom is 0.200 e. The van der Waals surface area contributed by atoms with Crippen molar-refractivity contribution in [3.8, 4) is 5.75 Å². The van der Waals surface area contributed by atoms with Crippen LogP contribution in [0.2, 0.25) is 0 Å². The maximum absolute atomic E-state index is 6.31. The van der Waals surface area contributed by atoms with Gasteiger partial charge in [0.25, 0.3) is 0 Å². The fourth-order valence-corrected chi connectivity index (χ4v) is 3.80. The van der Waals surface area contributed by atoms with Crippen LogP contribution >= 0.6 is 0 Å². The number of rotatable bonds is 1. The van der Waals surface area contributed by atoms with Gasteiger partial charge in [-0.1, -0.05) is 30.3 Å². The summed E-state index contributed by atoms with van der Waals surface area (Å²) in [6.07, 6.45) is 6.27. The molecule has 2 aliphatic rings. The third kappa shape index (κ3) is 2.12. The van der Waals surface area contributed by atoms with E-state index in [4.69, 9.17) is 9.73 Å². The lowest BCUT2D eigenvalue weighted by atomic mass is 9.98. The summed E-state index contributed by atoms with van der Waals surface area (Å²) in [4.78, 5) is 9.71. The van der Waals surface area contributed by atoms with Crippen molar-refractivity contribution in [2.75, 3.05) is 0 Å². The van der Waals surface area contributed by atoms with Gasteiger partial charge >= 0.3 is 0 Å². The zero-order valence-corrected chi connectivity index (χ0v) is 13.4. The molecule has 1 aliphatic heterocycles. The number of pyridine rings is 1. The molecule has 5 rings (SSSR count). The molecule has 2 aromatic carbocycles. The van der Waals surface area contributed by atoms with Gasteiger partial charge in [0.05, 0.1) is 11.2 Å². The van der Waals surface area contributed by atoms with Gasteiger partial charge in [-0.25, -0.2) is 4.99 Å². The van der Waals surface area contributed by atoms with Crippen molar-refractivity contribution in [1.82, 2.24) is 4.98 Å². The summed E-state index contributed by atoms with van der Waals surface area (Å²) in [5.41, 5.74) is 3.77. The van der Waals surface area contributed by atoms with E-state index in [2.05, 4.69) is 29.2 Å². The molecular weight excluding hydrogens is 296 g/mol. The molecule has 0 amide bonds. The Bertz CT molecular complexity index is 955. The summed E-state index contributed by atoms with van der Waals surface area (Å²) in [5, 5.41) is 1.14. The molecule has 3 nitrogen and oxygen atoms in total. The Morgan fingerprint density at radius 3 is 2.62 bits per heavy atom. The molecular formula is C21H18N2O. The summed E-state index contributed by atoms with van der Waals surface area (Å²) < 4.78 is 6.31. The second-order valence-electron chi connectivity index (χ2n) is 6.63. The zero-order valence-electron chi connectivity index (χ0n) is 13.4. The van der Waals surface area contributed by atoms with Crippen LogP contribution in [0.1, 0.15) is 36.8 Å². The van der Waals surface area contributed by atoms with Gasteiger partial charge in [0.15, 0.2) is 0 Å². The van der Waals surface area contributed by atoms with Crippen LogP contribution in [0.4, 0.5) is 0 Å². The van der Waals surface area contributed by atoms with Crippen molar-refractivity contribution in [3.63, 3.8) is 0 Å². The third-order valence-corrected chi connectivity index (χ3v) is 5.01. The first-order valence-electron chi connectivity index (χ1n) is 8.57.